The first-order valence-corrected chi connectivity index (χ1v) is 10.8. The SMILES string of the molecule is COC(=O)c1ncn2c1C(=O)N(Cc1ccccc1F)[C@](C)(C(=O)NCc1ccc(C)cc1)C2. The van der Waals surface area contributed by atoms with Gasteiger partial charge in [0, 0.05) is 12.1 Å². The van der Waals surface area contributed by atoms with Crippen LogP contribution in [0.3, 0.4) is 0 Å². The van der Waals surface area contributed by atoms with Gasteiger partial charge < -0.3 is 19.5 Å². The lowest BCUT2D eigenvalue weighted by atomic mass is 9.93. The Balaban J connectivity index is 1.70. The number of imidazole rings is 1. The van der Waals surface area contributed by atoms with Gasteiger partial charge in [-0.1, -0.05) is 48.0 Å². The van der Waals surface area contributed by atoms with Crippen LogP contribution < -0.4 is 5.32 Å². The smallest absolute Gasteiger partial charge is 0.359 e. The molecule has 1 aliphatic heterocycles. The Bertz CT molecular complexity index is 1250. The Morgan fingerprint density at radius 1 is 1.18 bits per heavy atom. The number of ether oxygens (including phenoxy) is 1. The molecule has 1 atom stereocenters. The van der Waals surface area contributed by atoms with E-state index < -0.39 is 29.1 Å². The summed E-state index contributed by atoms with van der Waals surface area (Å²) in [6.45, 7) is 3.73. The highest BCUT2D eigenvalue weighted by Gasteiger charge is 2.49. The van der Waals surface area contributed by atoms with Gasteiger partial charge in [-0.05, 0) is 25.5 Å². The van der Waals surface area contributed by atoms with Gasteiger partial charge in [0.05, 0.1) is 26.5 Å². The van der Waals surface area contributed by atoms with Crippen LogP contribution in [0.25, 0.3) is 0 Å². The Kier molecular flexibility index (Phi) is 6.19. The minimum absolute atomic E-state index is 0.00648. The summed E-state index contributed by atoms with van der Waals surface area (Å²) in [4.78, 5) is 44.6. The van der Waals surface area contributed by atoms with Gasteiger partial charge in [-0.2, -0.15) is 0 Å². The van der Waals surface area contributed by atoms with Crippen LogP contribution in [0.15, 0.2) is 54.9 Å². The molecule has 34 heavy (non-hydrogen) atoms. The molecule has 1 aromatic heterocycles. The third-order valence-corrected chi connectivity index (χ3v) is 6.09. The normalized spacial score (nSPS) is 17.3. The number of esters is 1. The van der Waals surface area contributed by atoms with Crippen molar-refractivity contribution in [1.82, 2.24) is 19.8 Å². The van der Waals surface area contributed by atoms with Crippen LogP contribution in [-0.4, -0.2) is 44.9 Å². The molecule has 8 nitrogen and oxygen atoms in total. The second-order valence-electron chi connectivity index (χ2n) is 8.49. The number of aromatic nitrogens is 2. The highest BCUT2D eigenvalue weighted by atomic mass is 19.1. The average molecular weight is 464 g/mol. The average Bonchev–Trinajstić information content (AvgIpc) is 3.25. The minimum Gasteiger partial charge on any atom is -0.464 e. The molecule has 4 rings (SSSR count). The summed E-state index contributed by atoms with van der Waals surface area (Å²) in [5.74, 6) is -2.28. The number of benzene rings is 2. The van der Waals surface area contributed by atoms with Crippen molar-refractivity contribution in [2.45, 2.75) is 39.0 Å². The second-order valence-corrected chi connectivity index (χ2v) is 8.49. The standard InChI is InChI=1S/C25H25FN4O4/c1-16-8-10-17(11-9-16)12-27-24(33)25(2)14-29-15-28-20(23(32)34-3)21(29)22(31)30(25)13-18-6-4-5-7-19(18)26/h4-11,15H,12-14H2,1-3H3,(H,27,33)/t25-/m0/s1. The molecule has 176 valence electrons. The number of hydrogen-bond acceptors (Lipinski definition) is 5. The fourth-order valence-corrected chi connectivity index (χ4v) is 4.06. The summed E-state index contributed by atoms with van der Waals surface area (Å²) in [5.41, 5.74) is 0.748. The van der Waals surface area contributed by atoms with Crippen LogP contribution in [0.2, 0.25) is 0 Å². The number of fused-ring (bicyclic) bond motifs is 1. The van der Waals surface area contributed by atoms with E-state index in [0.29, 0.717) is 0 Å². The molecular weight excluding hydrogens is 439 g/mol. The lowest BCUT2D eigenvalue weighted by molar-refractivity contribution is -0.133. The maximum atomic E-state index is 14.5. The van der Waals surface area contributed by atoms with E-state index in [1.54, 1.807) is 25.1 Å². The number of carbonyl (C=O) groups is 3. The van der Waals surface area contributed by atoms with Crippen molar-refractivity contribution in [2.24, 2.45) is 0 Å². The molecule has 9 heteroatoms. The molecule has 2 aromatic carbocycles. The zero-order valence-corrected chi connectivity index (χ0v) is 19.2. The number of carbonyl (C=O) groups excluding carboxylic acids is 3. The fraction of sp³-hybridized carbons (Fsp3) is 0.280. The van der Waals surface area contributed by atoms with Gasteiger partial charge in [0.2, 0.25) is 5.91 Å². The van der Waals surface area contributed by atoms with E-state index in [1.165, 1.54) is 29.0 Å². The number of aryl methyl sites for hydroxylation is 1. The Labute approximate surface area is 196 Å². The van der Waals surface area contributed by atoms with Crippen LogP contribution in [0.1, 0.15) is 44.6 Å². The third kappa shape index (κ3) is 4.16. The Morgan fingerprint density at radius 3 is 2.56 bits per heavy atom. The maximum Gasteiger partial charge on any atom is 0.359 e. The fourth-order valence-electron chi connectivity index (χ4n) is 4.06. The summed E-state index contributed by atoms with van der Waals surface area (Å²) in [6, 6.07) is 13.8. The number of nitrogens with zero attached hydrogens (tertiary/aromatic N) is 3. The molecule has 0 fully saturated rings. The van der Waals surface area contributed by atoms with Crippen molar-refractivity contribution in [2.75, 3.05) is 7.11 Å². The van der Waals surface area contributed by atoms with Gasteiger partial charge in [0.1, 0.15) is 17.1 Å². The molecular formula is C25H25FN4O4. The number of halogens is 1. The lowest BCUT2D eigenvalue weighted by Gasteiger charge is -2.43. The molecule has 0 unspecified atom stereocenters. The van der Waals surface area contributed by atoms with Crippen molar-refractivity contribution >= 4 is 17.8 Å². The number of hydrogen-bond donors (Lipinski definition) is 1. The summed E-state index contributed by atoms with van der Waals surface area (Å²) < 4.78 is 20.7. The van der Waals surface area contributed by atoms with Crippen molar-refractivity contribution in [1.29, 1.82) is 0 Å². The zero-order chi connectivity index (χ0) is 24.5. The van der Waals surface area contributed by atoms with Gasteiger partial charge in [-0.15, -0.1) is 0 Å². The third-order valence-electron chi connectivity index (χ3n) is 6.09. The molecule has 0 radical (unpaired) electrons. The van der Waals surface area contributed by atoms with E-state index in [-0.39, 0.29) is 36.6 Å². The van der Waals surface area contributed by atoms with Crippen LogP contribution >= 0.6 is 0 Å². The van der Waals surface area contributed by atoms with Crippen molar-refractivity contribution in [3.63, 3.8) is 0 Å². The van der Waals surface area contributed by atoms with Gasteiger partial charge in [-0.25, -0.2) is 14.2 Å². The molecule has 1 N–H and O–H groups in total. The Morgan fingerprint density at radius 2 is 1.88 bits per heavy atom. The van der Waals surface area contributed by atoms with E-state index in [0.717, 1.165) is 11.1 Å². The predicted octanol–water partition coefficient (Wildman–Crippen LogP) is 2.85. The number of amides is 2. The van der Waals surface area contributed by atoms with Gasteiger partial charge in [0.25, 0.3) is 5.91 Å². The van der Waals surface area contributed by atoms with E-state index >= 15 is 0 Å². The minimum atomic E-state index is -1.37. The monoisotopic (exact) mass is 464 g/mol. The van der Waals surface area contributed by atoms with E-state index in [1.807, 2.05) is 31.2 Å². The number of nitrogens with one attached hydrogen (secondary N) is 1. The first-order valence-electron chi connectivity index (χ1n) is 10.8. The summed E-state index contributed by atoms with van der Waals surface area (Å²) in [7, 11) is 1.20. The van der Waals surface area contributed by atoms with Gasteiger partial charge in [0.15, 0.2) is 5.69 Å². The molecule has 0 bridgehead atoms. The van der Waals surface area contributed by atoms with Crippen LogP contribution in [0.4, 0.5) is 4.39 Å². The second kappa shape index (κ2) is 9.09. The highest BCUT2D eigenvalue weighted by Crippen LogP contribution is 2.31. The van der Waals surface area contributed by atoms with Gasteiger partial charge in [-0.3, -0.25) is 9.59 Å². The van der Waals surface area contributed by atoms with E-state index in [9.17, 15) is 18.8 Å². The molecule has 2 amide bonds. The molecule has 0 saturated heterocycles. The van der Waals surface area contributed by atoms with Crippen LogP contribution in [-0.2, 0) is 29.2 Å². The predicted molar refractivity (Wildman–Crippen MR) is 121 cm³/mol. The van der Waals surface area contributed by atoms with E-state index in [4.69, 9.17) is 4.74 Å². The van der Waals surface area contributed by atoms with Gasteiger partial charge >= 0.3 is 5.97 Å². The topological polar surface area (TPSA) is 93.5 Å². The summed E-state index contributed by atoms with van der Waals surface area (Å²) >= 11 is 0. The van der Waals surface area contributed by atoms with Crippen molar-refractivity contribution in [3.8, 4) is 0 Å². The lowest BCUT2D eigenvalue weighted by Crippen LogP contribution is -2.63. The molecule has 0 spiro atoms. The number of rotatable bonds is 6. The summed E-state index contributed by atoms with van der Waals surface area (Å²) in [5, 5.41) is 2.90. The highest BCUT2D eigenvalue weighted by molar-refractivity contribution is 6.06. The molecule has 2 heterocycles. The largest absolute Gasteiger partial charge is 0.464 e. The number of methoxy groups -OCH3 is 1. The zero-order valence-electron chi connectivity index (χ0n) is 19.2. The summed E-state index contributed by atoms with van der Waals surface area (Å²) in [6.07, 6.45) is 1.34. The van der Waals surface area contributed by atoms with Crippen molar-refractivity contribution < 1.29 is 23.5 Å². The van der Waals surface area contributed by atoms with Crippen LogP contribution in [0.5, 0.6) is 0 Å². The maximum absolute atomic E-state index is 14.5. The quantitative estimate of drug-likeness (QED) is 0.567. The molecule has 3 aromatic rings. The van der Waals surface area contributed by atoms with Crippen LogP contribution in [0, 0.1) is 12.7 Å². The first kappa shape index (κ1) is 23.2. The van der Waals surface area contributed by atoms with E-state index in [2.05, 4.69) is 10.3 Å². The molecule has 0 saturated carbocycles. The molecule has 1 aliphatic rings. The van der Waals surface area contributed by atoms with Crippen molar-refractivity contribution in [3.05, 3.63) is 88.8 Å². The molecule has 0 aliphatic carbocycles. The Hall–Kier alpha value is -4.01. The first-order chi connectivity index (χ1) is 16.2.